The predicted octanol–water partition coefficient (Wildman–Crippen LogP) is 1.65. The third-order valence-electron chi connectivity index (χ3n) is 2.14. The molecule has 0 bridgehead atoms. The maximum absolute atomic E-state index is 9.16. The lowest BCUT2D eigenvalue weighted by atomic mass is 9.87. The zero-order chi connectivity index (χ0) is 10.6. The Balaban J connectivity index is 2.85. The molecule has 1 heterocycles. The van der Waals surface area contributed by atoms with Gasteiger partial charge in [-0.2, -0.15) is 0 Å². The number of nitrogens with zero attached hydrogens (tertiary/aromatic N) is 1. The van der Waals surface area contributed by atoms with Crippen LogP contribution in [0.3, 0.4) is 0 Å². The minimum Gasteiger partial charge on any atom is -0.481 e. The second-order valence-electron chi connectivity index (χ2n) is 4.17. The monoisotopic (exact) mass is 195 g/mol. The highest BCUT2D eigenvalue weighted by molar-refractivity contribution is 5.26. The van der Waals surface area contributed by atoms with Gasteiger partial charge in [0.1, 0.15) is 0 Å². The van der Waals surface area contributed by atoms with Gasteiger partial charge >= 0.3 is 0 Å². The number of ether oxygens (including phenoxy) is 1. The molecule has 1 aromatic heterocycles. The van der Waals surface area contributed by atoms with Crippen LogP contribution in [0.25, 0.3) is 0 Å². The lowest BCUT2D eigenvalue weighted by molar-refractivity contribution is 0.158. The van der Waals surface area contributed by atoms with Crippen LogP contribution in [0.15, 0.2) is 18.3 Å². The summed E-state index contributed by atoms with van der Waals surface area (Å²) >= 11 is 0. The molecule has 1 N–H and O–H groups in total. The number of hydrogen-bond acceptors (Lipinski definition) is 3. The highest BCUT2D eigenvalue weighted by Gasteiger charge is 2.19. The SMILES string of the molecule is COc1ncccc1CC(C)(C)CO. The number of aromatic nitrogens is 1. The van der Waals surface area contributed by atoms with Gasteiger partial charge in [-0.05, 0) is 17.9 Å². The molecule has 1 rings (SSSR count). The number of methoxy groups -OCH3 is 1. The highest BCUT2D eigenvalue weighted by atomic mass is 16.5. The van der Waals surface area contributed by atoms with Crippen LogP contribution < -0.4 is 4.74 Å². The Hall–Kier alpha value is -1.09. The van der Waals surface area contributed by atoms with Gasteiger partial charge in [-0.1, -0.05) is 19.9 Å². The van der Waals surface area contributed by atoms with Crippen LogP contribution in [0.5, 0.6) is 5.88 Å². The molecule has 0 atom stereocenters. The van der Waals surface area contributed by atoms with Crippen LogP contribution in [0.2, 0.25) is 0 Å². The van der Waals surface area contributed by atoms with Crippen LogP contribution in [0, 0.1) is 5.41 Å². The highest BCUT2D eigenvalue weighted by Crippen LogP contribution is 2.25. The summed E-state index contributed by atoms with van der Waals surface area (Å²) in [5.41, 5.74) is 0.908. The van der Waals surface area contributed by atoms with E-state index in [-0.39, 0.29) is 12.0 Å². The topological polar surface area (TPSA) is 42.4 Å². The third-order valence-corrected chi connectivity index (χ3v) is 2.14. The average molecular weight is 195 g/mol. The number of pyridine rings is 1. The molecule has 1 aromatic rings. The normalized spacial score (nSPS) is 11.4. The Labute approximate surface area is 84.7 Å². The first-order valence-electron chi connectivity index (χ1n) is 4.68. The first-order chi connectivity index (χ1) is 6.59. The maximum Gasteiger partial charge on any atom is 0.216 e. The van der Waals surface area contributed by atoms with Gasteiger partial charge in [0, 0.05) is 18.4 Å². The summed E-state index contributed by atoms with van der Waals surface area (Å²) in [6.07, 6.45) is 2.47. The van der Waals surface area contributed by atoms with E-state index < -0.39 is 0 Å². The van der Waals surface area contributed by atoms with Crippen LogP contribution in [0.4, 0.5) is 0 Å². The standard InChI is InChI=1S/C11H17NO2/c1-11(2,8-13)7-9-5-4-6-12-10(9)14-3/h4-6,13H,7-8H2,1-3H3. The molecule has 0 aliphatic carbocycles. The van der Waals surface area contributed by atoms with E-state index >= 15 is 0 Å². The van der Waals surface area contributed by atoms with Gasteiger partial charge in [0.05, 0.1) is 7.11 Å². The molecule has 78 valence electrons. The molecule has 0 aliphatic rings. The molecule has 0 unspecified atom stereocenters. The summed E-state index contributed by atoms with van der Waals surface area (Å²) in [7, 11) is 1.61. The Morgan fingerprint density at radius 3 is 2.79 bits per heavy atom. The van der Waals surface area contributed by atoms with Gasteiger partial charge < -0.3 is 9.84 Å². The van der Waals surface area contributed by atoms with E-state index in [0.717, 1.165) is 12.0 Å². The molecule has 0 aliphatic heterocycles. The van der Waals surface area contributed by atoms with Crippen molar-refractivity contribution in [1.29, 1.82) is 0 Å². The Morgan fingerprint density at radius 2 is 2.21 bits per heavy atom. The van der Waals surface area contributed by atoms with Gasteiger partial charge in [-0.3, -0.25) is 0 Å². The molecule has 0 radical (unpaired) electrons. The van der Waals surface area contributed by atoms with Crippen molar-refractivity contribution in [3.8, 4) is 5.88 Å². The largest absolute Gasteiger partial charge is 0.481 e. The Bertz CT molecular complexity index is 297. The van der Waals surface area contributed by atoms with E-state index in [1.807, 2.05) is 26.0 Å². The summed E-state index contributed by atoms with van der Waals surface area (Å²) < 4.78 is 5.14. The van der Waals surface area contributed by atoms with E-state index in [1.165, 1.54) is 0 Å². The average Bonchev–Trinajstić information content (AvgIpc) is 2.18. The molecule has 0 fully saturated rings. The zero-order valence-corrected chi connectivity index (χ0v) is 8.95. The molecule has 3 heteroatoms. The molecule has 0 amide bonds. The van der Waals surface area contributed by atoms with E-state index in [9.17, 15) is 0 Å². The number of hydrogen-bond donors (Lipinski definition) is 1. The van der Waals surface area contributed by atoms with Gasteiger partial charge in [0.15, 0.2) is 0 Å². The van der Waals surface area contributed by atoms with Crippen LogP contribution in [-0.2, 0) is 6.42 Å². The fourth-order valence-electron chi connectivity index (χ4n) is 1.31. The molecule has 0 saturated carbocycles. The van der Waals surface area contributed by atoms with Crippen molar-refractivity contribution >= 4 is 0 Å². The Kier molecular flexibility index (Phi) is 3.47. The summed E-state index contributed by atoms with van der Waals surface area (Å²) in [6.45, 7) is 4.18. The van der Waals surface area contributed by atoms with Crippen LogP contribution in [-0.4, -0.2) is 23.8 Å². The van der Waals surface area contributed by atoms with Gasteiger partial charge in [-0.25, -0.2) is 4.98 Å². The molecule has 14 heavy (non-hydrogen) atoms. The Morgan fingerprint density at radius 1 is 1.50 bits per heavy atom. The third kappa shape index (κ3) is 2.70. The predicted molar refractivity (Wildman–Crippen MR) is 55.4 cm³/mol. The fourth-order valence-corrected chi connectivity index (χ4v) is 1.31. The smallest absolute Gasteiger partial charge is 0.216 e. The molecule has 0 aromatic carbocycles. The van der Waals surface area contributed by atoms with Crippen molar-refractivity contribution in [2.45, 2.75) is 20.3 Å². The minimum atomic E-state index is -0.129. The maximum atomic E-state index is 9.16. The number of aliphatic hydroxyl groups is 1. The molecular formula is C11H17NO2. The van der Waals surface area contributed by atoms with Crippen molar-refractivity contribution in [2.24, 2.45) is 5.41 Å². The van der Waals surface area contributed by atoms with E-state index in [1.54, 1.807) is 13.3 Å². The van der Waals surface area contributed by atoms with Gasteiger partial charge in [-0.15, -0.1) is 0 Å². The number of aliphatic hydroxyl groups excluding tert-OH is 1. The lowest BCUT2D eigenvalue weighted by Gasteiger charge is -2.22. The molecule has 0 spiro atoms. The van der Waals surface area contributed by atoms with Gasteiger partial charge in [0.25, 0.3) is 0 Å². The second kappa shape index (κ2) is 4.42. The lowest BCUT2D eigenvalue weighted by Crippen LogP contribution is -2.20. The summed E-state index contributed by atoms with van der Waals surface area (Å²) in [6, 6.07) is 3.86. The van der Waals surface area contributed by atoms with E-state index in [4.69, 9.17) is 9.84 Å². The first kappa shape index (κ1) is 11.0. The van der Waals surface area contributed by atoms with Crippen molar-refractivity contribution in [2.75, 3.05) is 13.7 Å². The minimum absolute atomic E-state index is 0.129. The summed E-state index contributed by atoms with van der Waals surface area (Å²) in [4.78, 5) is 4.11. The summed E-state index contributed by atoms with van der Waals surface area (Å²) in [5, 5.41) is 9.16. The van der Waals surface area contributed by atoms with Crippen molar-refractivity contribution in [1.82, 2.24) is 4.98 Å². The van der Waals surface area contributed by atoms with Crippen LogP contribution >= 0.6 is 0 Å². The molecule has 0 saturated heterocycles. The van der Waals surface area contributed by atoms with Crippen molar-refractivity contribution < 1.29 is 9.84 Å². The first-order valence-corrected chi connectivity index (χ1v) is 4.68. The zero-order valence-electron chi connectivity index (χ0n) is 8.95. The van der Waals surface area contributed by atoms with E-state index in [2.05, 4.69) is 4.98 Å². The quantitative estimate of drug-likeness (QED) is 0.794. The summed E-state index contributed by atoms with van der Waals surface area (Å²) in [5.74, 6) is 0.647. The second-order valence-corrected chi connectivity index (χ2v) is 4.17. The van der Waals surface area contributed by atoms with E-state index in [0.29, 0.717) is 5.88 Å². The van der Waals surface area contributed by atoms with Crippen LogP contribution in [0.1, 0.15) is 19.4 Å². The van der Waals surface area contributed by atoms with Crippen molar-refractivity contribution in [3.05, 3.63) is 23.9 Å². The number of rotatable bonds is 4. The molecule has 3 nitrogen and oxygen atoms in total. The molecular weight excluding hydrogens is 178 g/mol. The fraction of sp³-hybridized carbons (Fsp3) is 0.545. The van der Waals surface area contributed by atoms with Crippen molar-refractivity contribution in [3.63, 3.8) is 0 Å². The van der Waals surface area contributed by atoms with Gasteiger partial charge in [0.2, 0.25) is 5.88 Å².